The first-order chi connectivity index (χ1) is 17.0. The van der Waals surface area contributed by atoms with Crippen LogP contribution in [0.4, 0.5) is 11.6 Å². The van der Waals surface area contributed by atoms with E-state index in [1.807, 2.05) is 31.4 Å². The summed E-state index contributed by atoms with van der Waals surface area (Å²) in [4.78, 5) is 9.70. The molecule has 2 aromatic carbocycles. The standard InChI is InChI=1S/C30H29N5/c1-20-15-24(17-22-7-5-4-6-8-22)16-21(2)26(20)18-28-29-27(13-14-35(29)3)33-30(34-28)32-25-11-9-23(19-31)10-12-25/h4-15,24H,16-18H2,1-3H3,(H,32,33,34). The van der Waals surface area contributed by atoms with E-state index in [4.69, 9.17) is 15.2 Å². The van der Waals surface area contributed by atoms with Gasteiger partial charge in [-0.1, -0.05) is 47.6 Å². The maximum absolute atomic E-state index is 9.06. The Balaban J connectivity index is 1.43. The van der Waals surface area contributed by atoms with E-state index in [1.165, 1.54) is 22.3 Å². The molecule has 5 rings (SSSR count). The summed E-state index contributed by atoms with van der Waals surface area (Å²) in [5.41, 5.74) is 10.0. The zero-order valence-electron chi connectivity index (χ0n) is 20.4. The predicted octanol–water partition coefficient (Wildman–Crippen LogP) is 6.65. The lowest BCUT2D eigenvalue weighted by molar-refractivity contribution is 0.618. The first-order valence-corrected chi connectivity index (χ1v) is 12.0. The Bertz CT molecular complexity index is 1470. The fourth-order valence-electron chi connectivity index (χ4n) is 5.09. The second kappa shape index (κ2) is 9.60. The molecule has 5 nitrogen and oxygen atoms in total. The molecule has 0 saturated heterocycles. The number of nitriles is 1. The Morgan fingerprint density at radius 3 is 2.51 bits per heavy atom. The minimum absolute atomic E-state index is 0.523. The third kappa shape index (κ3) is 4.88. The van der Waals surface area contributed by atoms with Gasteiger partial charge in [-0.3, -0.25) is 0 Å². The molecule has 1 atom stereocenters. The number of nitrogens with zero attached hydrogens (tertiary/aromatic N) is 4. The zero-order valence-corrected chi connectivity index (χ0v) is 20.4. The van der Waals surface area contributed by atoms with Gasteiger partial charge in [0.05, 0.1) is 28.4 Å². The summed E-state index contributed by atoms with van der Waals surface area (Å²) < 4.78 is 2.10. The van der Waals surface area contributed by atoms with Crippen LogP contribution in [0.2, 0.25) is 0 Å². The molecule has 2 heterocycles. The molecule has 0 radical (unpaired) electrons. The van der Waals surface area contributed by atoms with Crippen LogP contribution in [-0.4, -0.2) is 14.5 Å². The maximum Gasteiger partial charge on any atom is 0.228 e. The molecule has 1 unspecified atom stereocenters. The molecule has 0 bridgehead atoms. The highest BCUT2D eigenvalue weighted by Crippen LogP contribution is 2.34. The van der Waals surface area contributed by atoms with Crippen LogP contribution in [0.25, 0.3) is 11.0 Å². The van der Waals surface area contributed by atoms with E-state index in [1.54, 1.807) is 12.1 Å². The Morgan fingerprint density at radius 1 is 1.03 bits per heavy atom. The second-order valence-corrected chi connectivity index (χ2v) is 9.41. The van der Waals surface area contributed by atoms with Crippen LogP contribution in [0.1, 0.15) is 37.1 Å². The van der Waals surface area contributed by atoms with Crippen LogP contribution < -0.4 is 5.32 Å². The van der Waals surface area contributed by atoms with Crippen molar-refractivity contribution in [1.29, 1.82) is 5.26 Å². The Kier molecular flexibility index (Phi) is 6.20. The summed E-state index contributed by atoms with van der Waals surface area (Å²) in [6.07, 6.45) is 7.38. The molecule has 0 amide bonds. The van der Waals surface area contributed by atoms with Crippen LogP contribution in [0.3, 0.4) is 0 Å². The van der Waals surface area contributed by atoms with E-state index >= 15 is 0 Å². The Hall–Kier alpha value is -4.17. The van der Waals surface area contributed by atoms with Gasteiger partial charge >= 0.3 is 0 Å². The van der Waals surface area contributed by atoms with Crippen molar-refractivity contribution in [2.45, 2.75) is 33.1 Å². The van der Waals surface area contributed by atoms with Gasteiger partial charge in [0, 0.05) is 25.4 Å². The molecule has 1 aliphatic rings. The average molecular weight is 460 g/mol. The van der Waals surface area contributed by atoms with Crippen molar-refractivity contribution in [2.24, 2.45) is 13.0 Å². The molecule has 0 spiro atoms. The number of rotatable bonds is 6. The summed E-state index contributed by atoms with van der Waals surface area (Å²) in [7, 11) is 2.05. The minimum atomic E-state index is 0.523. The number of nitrogens with one attached hydrogen (secondary N) is 1. The number of hydrogen-bond donors (Lipinski definition) is 1. The molecule has 4 aromatic rings. The largest absolute Gasteiger partial charge is 0.348 e. The minimum Gasteiger partial charge on any atom is -0.348 e. The van der Waals surface area contributed by atoms with E-state index in [2.05, 4.69) is 66.2 Å². The van der Waals surface area contributed by atoms with Gasteiger partial charge < -0.3 is 9.88 Å². The van der Waals surface area contributed by atoms with Crippen molar-refractivity contribution < 1.29 is 0 Å². The van der Waals surface area contributed by atoms with E-state index in [0.717, 1.165) is 41.7 Å². The number of fused-ring (bicyclic) bond motifs is 1. The highest BCUT2D eigenvalue weighted by molar-refractivity contribution is 5.80. The van der Waals surface area contributed by atoms with Crippen LogP contribution in [0.5, 0.6) is 0 Å². The maximum atomic E-state index is 9.06. The molecule has 35 heavy (non-hydrogen) atoms. The van der Waals surface area contributed by atoms with Crippen molar-refractivity contribution in [3.63, 3.8) is 0 Å². The zero-order chi connectivity index (χ0) is 24.4. The average Bonchev–Trinajstić information content (AvgIpc) is 3.23. The normalized spacial score (nSPS) is 15.7. The molecule has 0 saturated carbocycles. The molecule has 5 heteroatoms. The van der Waals surface area contributed by atoms with E-state index in [0.29, 0.717) is 17.4 Å². The van der Waals surface area contributed by atoms with Gasteiger partial charge in [0.15, 0.2) is 0 Å². The van der Waals surface area contributed by atoms with Crippen LogP contribution >= 0.6 is 0 Å². The molecular weight excluding hydrogens is 430 g/mol. The number of aromatic nitrogens is 3. The Labute approximate surface area is 206 Å². The summed E-state index contributed by atoms with van der Waals surface area (Å²) in [6, 6.07) is 22.3. The lowest BCUT2D eigenvalue weighted by Crippen LogP contribution is -2.12. The molecule has 0 aliphatic heterocycles. The van der Waals surface area contributed by atoms with E-state index < -0.39 is 0 Å². The van der Waals surface area contributed by atoms with Crippen molar-refractivity contribution in [1.82, 2.24) is 14.5 Å². The topological polar surface area (TPSA) is 66.5 Å². The fraction of sp³-hybridized carbons (Fsp3) is 0.233. The summed E-state index contributed by atoms with van der Waals surface area (Å²) in [5.74, 6) is 1.09. The van der Waals surface area contributed by atoms with Gasteiger partial charge in [-0.25, -0.2) is 9.97 Å². The molecule has 2 aromatic heterocycles. The number of benzene rings is 2. The van der Waals surface area contributed by atoms with Crippen molar-refractivity contribution in [2.75, 3.05) is 5.32 Å². The molecular formula is C30H29N5. The highest BCUT2D eigenvalue weighted by atomic mass is 15.1. The highest BCUT2D eigenvalue weighted by Gasteiger charge is 2.21. The first-order valence-electron chi connectivity index (χ1n) is 12.0. The van der Waals surface area contributed by atoms with Gasteiger partial charge in [-0.15, -0.1) is 0 Å². The van der Waals surface area contributed by atoms with Crippen molar-refractivity contribution in [3.8, 4) is 6.07 Å². The van der Waals surface area contributed by atoms with Gasteiger partial charge in [0.1, 0.15) is 0 Å². The van der Waals surface area contributed by atoms with E-state index in [-0.39, 0.29) is 0 Å². The molecule has 1 aliphatic carbocycles. The third-order valence-corrected chi connectivity index (χ3v) is 6.79. The summed E-state index contributed by atoms with van der Waals surface area (Å²) >= 11 is 0. The predicted molar refractivity (Wildman–Crippen MR) is 141 cm³/mol. The third-order valence-electron chi connectivity index (χ3n) is 6.79. The van der Waals surface area contributed by atoms with E-state index in [9.17, 15) is 0 Å². The molecule has 174 valence electrons. The monoisotopic (exact) mass is 459 g/mol. The smallest absolute Gasteiger partial charge is 0.228 e. The van der Waals surface area contributed by atoms with Gasteiger partial charge in [0.25, 0.3) is 0 Å². The van der Waals surface area contributed by atoms with Gasteiger partial charge in [-0.05, 0) is 74.1 Å². The number of allylic oxidation sites excluding steroid dienone is 4. The van der Waals surface area contributed by atoms with Gasteiger partial charge in [-0.2, -0.15) is 5.26 Å². The molecule has 1 N–H and O–H groups in total. The second-order valence-electron chi connectivity index (χ2n) is 9.41. The Morgan fingerprint density at radius 2 is 1.80 bits per heavy atom. The number of anilines is 2. The number of aryl methyl sites for hydroxylation is 1. The first kappa shape index (κ1) is 22.6. The quantitative estimate of drug-likeness (QED) is 0.350. The van der Waals surface area contributed by atoms with Crippen LogP contribution in [-0.2, 0) is 19.9 Å². The van der Waals surface area contributed by atoms with Crippen LogP contribution in [0, 0.1) is 17.2 Å². The van der Waals surface area contributed by atoms with Crippen LogP contribution in [0.15, 0.2) is 89.7 Å². The lowest BCUT2D eigenvalue weighted by atomic mass is 9.81. The lowest BCUT2D eigenvalue weighted by Gasteiger charge is -2.25. The fourth-order valence-corrected chi connectivity index (χ4v) is 5.09. The summed E-state index contributed by atoms with van der Waals surface area (Å²) in [6.45, 7) is 4.50. The summed E-state index contributed by atoms with van der Waals surface area (Å²) in [5, 5.41) is 12.4. The van der Waals surface area contributed by atoms with Crippen molar-refractivity contribution >= 4 is 22.7 Å². The molecule has 0 fully saturated rings. The van der Waals surface area contributed by atoms with Gasteiger partial charge in [0.2, 0.25) is 5.95 Å². The number of hydrogen-bond acceptors (Lipinski definition) is 4. The van der Waals surface area contributed by atoms with Crippen molar-refractivity contribution in [3.05, 3.63) is 106 Å². The SMILES string of the molecule is CC1=CC(Cc2ccccc2)CC(C)=C1Cc1nc(Nc2ccc(C#N)cc2)nc2ccn(C)c12.